The minimum absolute atomic E-state index is 0.0318. The molecule has 0 aromatic heterocycles. The van der Waals surface area contributed by atoms with Gasteiger partial charge < -0.3 is 20.3 Å². The predicted molar refractivity (Wildman–Crippen MR) is 126 cm³/mol. The molecule has 0 unspecified atom stereocenters. The number of nitrogens with one attached hydrogen (secondary N) is 2. The molecule has 2 aliphatic heterocycles. The van der Waals surface area contributed by atoms with E-state index in [9.17, 15) is 9.59 Å². The maximum Gasteiger partial charge on any atom is 0.266 e. The Morgan fingerprint density at radius 3 is 2.72 bits per heavy atom. The quantitative estimate of drug-likeness (QED) is 0.622. The standard InChI is InChI=1S/C26H33N3O3/c1-19-8-9-23-22(16-19)28-26(31)24(32-23)18-25(30)27-12-5-13-29-14-10-21(11-15-29)17-20-6-3-2-4-7-20/h2-4,6-9,16,21,24H,5,10-15,17-18H2,1H3,(H,27,30)(H,28,31)/t24-/m1/s1. The van der Waals surface area contributed by atoms with Crippen LogP contribution in [-0.2, 0) is 16.0 Å². The van der Waals surface area contributed by atoms with Gasteiger partial charge in [-0.25, -0.2) is 0 Å². The average Bonchev–Trinajstić information content (AvgIpc) is 2.79. The Morgan fingerprint density at radius 1 is 1.16 bits per heavy atom. The van der Waals surface area contributed by atoms with Gasteiger partial charge in [0.15, 0.2) is 6.10 Å². The number of fused-ring (bicyclic) bond motifs is 1. The van der Waals surface area contributed by atoms with Crippen LogP contribution in [0.15, 0.2) is 48.5 Å². The molecule has 0 radical (unpaired) electrons. The van der Waals surface area contributed by atoms with Crippen molar-refractivity contribution < 1.29 is 14.3 Å². The van der Waals surface area contributed by atoms with Crippen LogP contribution in [0.1, 0.15) is 36.8 Å². The zero-order valence-corrected chi connectivity index (χ0v) is 18.8. The minimum Gasteiger partial charge on any atom is -0.478 e. The van der Waals surface area contributed by atoms with Gasteiger partial charge in [-0.05, 0) is 81.4 Å². The number of nitrogens with zero attached hydrogens (tertiary/aromatic N) is 1. The largest absolute Gasteiger partial charge is 0.478 e. The molecule has 1 saturated heterocycles. The molecule has 2 heterocycles. The smallest absolute Gasteiger partial charge is 0.266 e. The van der Waals surface area contributed by atoms with E-state index in [0.717, 1.165) is 37.5 Å². The lowest BCUT2D eigenvalue weighted by molar-refractivity contribution is -0.130. The first-order chi connectivity index (χ1) is 15.6. The van der Waals surface area contributed by atoms with Crippen LogP contribution in [0.3, 0.4) is 0 Å². The molecule has 2 aliphatic rings. The number of amides is 2. The number of aryl methyl sites for hydroxylation is 1. The summed E-state index contributed by atoms with van der Waals surface area (Å²) in [7, 11) is 0. The van der Waals surface area contributed by atoms with Gasteiger partial charge in [0, 0.05) is 6.54 Å². The number of benzene rings is 2. The number of ether oxygens (including phenoxy) is 1. The van der Waals surface area contributed by atoms with Crippen LogP contribution in [-0.4, -0.2) is 49.0 Å². The van der Waals surface area contributed by atoms with Crippen molar-refractivity contribution in [1.82, 2.24) is 10.2 Å². The van der Waals surface area contributed by atoms with E-state index in [4.69, 9.17) is 4.74 Å². The second kappa shape index (κ2) is 10.6. The van der Waals surface area contributed by atoms with E-state index in [1.807, 2.05) is 25.1 Å². The lowest BCUT2D eigenvalue weighted by Crippen LogP contribution is -2.41. The van der Waals surface area contributed by atoms with E-state index in [1.54, 1.807) is 0 Å². The Bertz CT molecular complexity index is 923. The van der Waals surface area contributed by atoms with Crippen LogP contribution in [0.2, 0.25) is 0 Å². The number of carbonyl (C=O) groups excluding carboxylic acids is 2. The van der Waals surface area contributed by atoms with E-state index >= 15 is 0 Å². The van der Waals surface area contributed by atoms with Crippen molar-refractivity contribution in [2.24, 2.45) is 5.92 Å². The molecule has 6 heteroatoms. The molecule has 2 aromatic carbocycles. The summed E-state index contributed by atoms with van der Waals surface area (Å²) in [5, 5.41) is 5.77. The molecule has 2 aromatic rings. The van der Waals surface area contributed by atoms with E-state index in [0.29, 0.717) is 18.0 Å². The van der Waals surface area contributed by atoms with Gasteiger partial charge in [0.2, 0.25) is 5.91 Å². The number of hydrogen-bond acceptors (Lipinski definition) is 4. The van der Waals surface area contributed by atoms with E-state index in [2.05, 4.69) is 45.9 Å². The Kier molecular flexibility index (Phi) is 7.43. The highest BCUT2D eigenvalue weighted by Gasteiger charge is 2.29. The topological polar surface area (TPSA) is 70.7 Å². The number of likely N-dealkylation sites (tertiary alicyclic amines) is 1. The SMILES string of the molecule is Cc1ccc2c(c1)NC(=O)[C@@H](CC(=O)NCCCN1CCC(Cc3ccccc3)CC1)O2. The molecule has 32 heavy (non-hydrogen) atoms. The molecule has 1 fully saturated rings. The highest BCUT2D eigenvalue weighted by molar-refractivity contribution is 6.00. The van der Waals surface area contributed by atoms with Crippen molar-refractivity contribution in [3.05, 3.63) is 59.7 Å². The van der Waals surface area contributed by atoms with Gasteiger partial charge in [-0.15, -0.1) is 0 Å². The Hall–Kier alpha value is -2.86. The zero-order chi connectivity index (χ0) is 22.3. The number of anilines is 1. The van der Waals surface area contributed by atoms with Gasteiger partial charge in [-0.3, -0.25) is 9.59 Å². The summed E-state index contributed by atoms with van der Waals surface area (Å²) in [6.07, 6.45) is 3.80. The summed E-state index contributed by atoms with van der Waals surface area (Å²) in [5.74, 6) is 0.964. The van der Waals surface area contributed by atoms with Crippen molar-refractivity contribution in [3.8, 4) is 5.75 Å². The van der Waals surface area contributed by atoms with Gasteiger partial charge in [0.05, 0.1) is 12.1 Å². The fraction of sp³-hybridized carbons (Fsp3) is 0.462. The Labute approximate surface area is 190 Å². The van der Waals surface area contributed by atoms with E-state index in [-0.39, 0.29) is 18.2 Å². The lowest BCUT2D eigenvalue weighted by atomic mass is 9.90. The van der Waals surface area contributed by atoms with Gasteiger partial charge >= 0.3 is 0 Å². The predicted octanol–water partition coefficient (Wildman–Crippen LogP) is 3.55. The summed E-state index contributed by atoms with van der Waals surface area (Å²) in [6, 6.07) is 16.4. The van der Waals surface area contributed by atoms with Crippen LogP contribution in [0, 0.1) is 12.8 Å². The first-order valence-corrected chi connectivity index (χ1v) is 11.7. The molecule has 0 aliphatic carbocycles. The first-order valence-electron chi connectivity index (χ1n) is 11.7. The van der Waals surface area contributed by atoms with Crippen molar-refractivity contribution in [2.45, 2.75) is 45.1 Å². The average molecular weight is 436 g/mol. The van der Waals surface area contributed by atoms with Crippen molar-refractivity contribution in [1.29, 1.82) is 0 Å². The molecular weight excluding hydrogens is 402 g/mol. The molecular formula is C26H33N3O3. The van der Waals surface area contributed by atoms with E-state index in [1.165, 1.54) is 24.8 Å². The molecule has 170 valence electrons. The van der Waals surface area contributed by atoms with Gasteiger partial charge in [-0.2, -0.15) is 0 Å². The second-order valence-electron chi connectivity index (χ2n) is 8.98. The number of rotatable bonds is 8. The molecule has 0 spiro atoms. The second-order valence-corrected chi connectivity index (χ2v) is 8.98. The zero-order valence-electron chi connectivity index (χ0n) is 18.8. The first kappa shape index (κ1) is 22.3. The molecule has 1 atom stereocenters. The van der Waals surface area contributed by atoms with Crippen molar-refractivity contribution >= 4 is 17.5 Å². The maximum absolute atomic E-state index is 12.3. The van der Waals surface area contributed by atoms with Crippen LogP contribution >= 0.6 is 0 Å². The molecule has 0 saturated carbocycles. The minimum atomic E-state index is -0.783. The summed E-state index contributed by atoms with van der Waals surface area (Å²) in [4.78, 5) is 27.1. The third-order valence-corrected chi connectivity index (χ3v) is 6.37. The monoisotopic (exact) mass is 435 g/mol. The highest BCUT2D eigenvalue weighted by atomic mass is 16.5. The van der Waals surface area contributed by atoms with Crippen molar-refractivity contribution in [3.63, 3.8) is 0 Å². The number of piperidine rings is 1. The van der Waals surface area contributed by atoms with Crippen LogP contribution in [0.25, 0.3) is 0 Å². The molecule has 2 amide bonds. The van der Waals surface area contributed by atoms with Crippen LogP contribution in [0.5, 0.6) is 5.75 Å². The Morgan fingerprint density at radius 2 is 1.94 bits per heavy atom. The Balaban J connectivity index is 1.11. The third-order valence-electron chi connectivity index (χ3n) is 6.37. The van der Waals surface area contributed by atoms with Crippen LogP contribution in [0.4, 0.5) is 5.69 Å². The summed E-state index contributed by atoms with van der Waals surface area (Å²) >= 11 is 0. The summed E-state index contributed by atoms with van der Waals surface area (Å²) in [6.45, 7) is 5.82. The van der Waals surface area contributed by atoms with Gasteiger partial charge in [-0.1, -0.05) is 36.4 Å². The third kappa shape index (κ3) is 6.10. The molecule has 0 bridgehead atoms. The van der Waals surface area contributed by atoms with Crippen LogP contribution < -0.4 is 15.4 Å². The number of carbonyl (C=O) groups is 2. The summed E-state index contributed by atoms with van der Waals surface area (Å²) < 4.78 is 5.74. The fourth-order valence-corrected chi connectivity index (χ4v) is 4.53. The number of hydrogen-bond donors (Lipinski definition) is 2. The summed E-state index contributed by atoms with van der Waals surface area (Å²) in [5.41, 5.74) is 3.14. The fourth-order valence-electron chi connectivity index (χ4n) is 4.53. The molecule has 4 rings (SSSR count). The normalized spacial score (nSPS) is 19.0. The maximum atomic E-state index is 12.3. The van der Waals surface area contributed by atoms with Gasteiger partial charge in [0.25, 0.3) is 5.91 Å². The van der Waals surface area contributed by atoms with E-state index < -0.39 is 6.10 Å². The molecule has 2 N–H and O–H groups in total. The van der Waals surface area contributed by atoms with Crippen molar-refractivity contribution in [2.75, 3.05) is 31.5 Å². The highest BCUT2D eigenvalue weighted by Crippen LogP contribution is 2.31. The lowest BCUT2D eigenvalue weighted by Gasteiger charge is -2.32. The molecule has 6 nitrogen and oxygen atoms in total. The van der Waals surface area contributed by atoms with Gasteiger partial charge in [0.1, 0.15) is 5.75 Å².